The van der Waals surface area contributed by atoms with Gasteiger partial charge in [-0.15, -0.1) is 0 Å². The lowest BCUT2D eigenvalue weighted by atomic mass is 9.86. The summed E-state index contributed by atoms with van der Waals surface area (Å²) in [7, 11) is 0. The highest BCUT2D eigenvalue weighted by molar-refractivity contribution is 5.86. The molecular formula is C21H29N3O. The van der Waals surface area contributed by atoms with Gasteiger partial charge >= 0.3 is 0 Å². The Morgan fingerprint density at radius 1 is 1.20 bits per heavy atom. The Morgan fingerprint density at radius 3 is 2.68 bits per heavy atom. The minimum absolute atomic E-state index is 0.370. The fourth-order valence-corrected chi connectivity index (χ4v) is 3.54. The van der Waals surface area contributed by atoms with Crippen LogP contribution in [0, 0.1) is 11.8 Å². The molecule has 0 amide bonds. The topological polar surface area (TPSA) is 74.1 Å². The van der Waals surface area contributed by atoms with E-state index in [2.05, 4.69) is 42.5 Å². The summed E-state index contributed by atoms with van der Waals surface area (Å²) in [6.45, 7) is 8.90. The number of benzene rings is 1. The molecule has 0 aliphatic heterocycles. The van der Waals surface area contributed by atoms with Crippen molar-refractivity contribution in [2.45, 2.75) is 39.7 Å². The lowest BCUT2D eigenvalue weighted by Gasteiger charge is -2.27. The average molecular weight is 339 g/mol. The second kappa shape index (κ2) is 6.60. The first-order valence-electron chi connectivity index (χ1n) is 9.02. The number of aromatic amines is 1. The van der Waals surface area contributed by atoms with Gasteiger partial charge in [0.15, 0.2) is 0 Å². The summed E-state index contributed by atoms with van der Waals surface area (Å²) in [5.41, 5.74) is 10.6. The molecule has 0 radical (unpaired) electrons. The highest BCUT2D eigenvalue weighted by Gasteiger charge is 2.22. The quantitative estimate of drug-likeness (QED) is 0.673. The number of hydrogen-bond acceptors (Lipinski definition) is 3. The van der Waals surface area contributed by atoms with E-state index in [1.54, 1.807) is 0 Å². The largest absolute Gasteiger partial charge is 0.402 e. The van der Waals surface area contributed by atoms with Gasteiger partial charge in [0.25, 0.3) is 0 Å². The van der Waals surface area contributed by atoms with Crippen LogP contribution < -0.4 is 11.1 Å². The van der Waals surface area contributed by atoms with Crippen LogP contribution in [-0.2, 0) is 12.0 Å². The number of hydrogen-bond donors (Lipinski definition) is 4. The fraction of sp³-hybridized carbons (Fsp3) is 0.429. The predicted octanol–water partition coefficient (Wildman–Crippen LogP) is 3.54. The summed E-state index contributed by atoms with van der Waals surface area (Å²) in [5.74, 6) is 0.782. The SMILES string of the molecule is CC1C(N)=CC=C(NCCc2c[nH]c3c(C(C)(C)O)cccc23)C1C. The van der Waals surface area contributed by atoms with Crippen molar-refractivity contribution in [3.05, 3.63) is 59.1 Å². The van der Waals surface area contributed by atoms with Crippen LogP contribution in [0.5, 0.6) is 0 Å². The number of nitrogens with two attached hydrogens (primary N) is 1. The smallest absolute Gasteiger partial charge is 0.0860 e. The fourth-order valence-electron chi connectivity index (χ4n) is 3.54. The van der Waals surface area contributed by atoms with Crippen molar-refractivity contribution >= 4 is 10.9 Å². The summed E-state index contributed by atoms with van der Waals surface area (Å²) >= 11 is 0. The molecule has 25 heavy (non-hydrogen) atoms. The summed E-state index contributed by atoms with van der Waals surface area (Å²) in [4.78, 5) is 3.34. The third-order valence-electron chi connectivity index (χ3n) is 5.41. The second-order valence-corrected chi connectivity index (χ2v) is 7.64. The standard InChI is InChI=1S/C21H29N3O/c1-13-14(2)19(9-8-18(13)22)23-11-10-15-12-24-20-16(15)6-5-7-17(20)21(3,4)25/h5-9,12-14,23-25H,10-11,22H2,1-4H3. The number of H-pyrrole nitrogens is 1. The molecule has 0 bridgehead atoms. The number of fused-ring (bicyclic) bond motifs is 1. The van der Waals surface area contributed by atoms with Gasteiger partial charge in [-0.2, -0.15) is 0 Å². The molecule has 4 nitrogen and oxygen atoms in total. The molecule has 4 heteroatoms. The summed E-state index contributed by atoms with van der Waals surface area (Å²) in [5, 5.41) is 15.1. The van der Waals surface area contributed by atoms with Gasteiger partial charge in [-0.05, 0) is 38.0 Å². The molecule has 0 saturated heterocycles. The Hall–Kier alpha value is -2.20. The summed E-state index contributed by atoms with van der Waals surface area (Å²) in [6.07, 6.45) is 7.09. The Balaban J connectivity index is 1.73. The van der Waals surface area contributed by atoms with Crippen LogP contribution in [0.3, 0.4) is 0 Å². The highest BCUT2D eigenvalue weighted by atomic mass is 16.3. The minimum atomic E-state index is -0.857. The van der Waals surface area contributed by atoms with Crippen molar-refractivity contribution in [1.82, 2.24) is 10.3 Å². The molecule has 1 aliphatic carbocycles. The van der Waals surface area contributed by atoms with Crippen molar-refractivity contribution in [1.29, 1.82) is 0 Å². The molecule has 1 aromatic heterocycles. The summed E-state index contributed by atoms with van der Waals surface area (Å²) in [6, 6.07) is 6.11. The van der Waals surface area contributed by atoms with Crippen LogP contribution in [-0.4, -0.2) is 16.6 Å². The molecule has 1 aromatic carbocycles. The van der Waals surface area contributed by atoms with E-state index in [-0.39, 0.29) is 0 Å². The molecule has 0 fully saturated rings. The van der Waals surface area contributed by atoms with Crippen molar-refractivity contribution in [3.8, 4) is 0 Å². The van der Waals surface area contributed by atoms with E-state index < -0.39 is 5.60 Å². The number of aliphatic hydroxyl groups is 1. The third-order valence-corrected chi connectivity index (χ3v) is 5.41. The van der Waals surface area contributed by atoms with Gasteiger partial charge in [0.1, 0.15) is 0 Å². The molecule has 5 N–H and O–H groups in total. The van der Waals surface area contributed by atoms with Gasteiger partial charge in [0, 0.05) is 46.9 Å². The van der Waals surface area contributed by atoms with Crippen molar-refractivity contribution in [2.24, 2.45) is 17.6 Å². The van der Waals surface area contributed by atoms with Gasteiger partial charge in [-0.1, -0.05) is 32.0 Å². The van der Waals surface area contributed by atoms with Crippen molar-refractivity contribution in [2.75, 3.05) is 6.54 Å². The molecule has 2 aromatic rings. The first-order chi connectivity index (χ1) is 11.8. The second-order valence-electron chi connectivity index (χ2n) is 7.64. The molecule has 1 heterocycles. The predicted molar refractivity (Wildman–Crippen MR) is 104 cm³/mol. The molecule has 0 saturated carbocycles. The number of para-hydroxylation sites is 1. The number of rotatable bonds is 5. The van der Waals surface area contributed by atoms with Crippen LogP contribution in [0.1, 0.15) is 38.8 Å². The summed E-state index contributed by atoms with van der Waals surface area (Å²) < 4.78 is 0. The van der Waals surface area contributed by atoms with Gasteiger partial charge < -0.3 is 21.1 Å². The Bertz CT molecular complexity index is 823. The van der Waals surface area contributed by atoms with E-state index in [0.29, 0.717) is 11.8 Å². The normalized spacial score (nSPS) is 21.2. The van der Waals surface area contributed by atoms with Gasteiger partial charge in [-0.3, -0.25) is 0 Å². The van der Waals surface area contributed by atoms with E-state index in [1.807, 2.05) is 32.1 Å². The monoisotopic (exact) mass is 339 g/mol. The van der Waals surface area contributed by atoms with Crippen molar-refractivity contribution < 1.29 is 5.11 Å². The first-order valence-corrected chi connectivity index (χ1v) is 9.02. The number of aromatic nitrogens is 1. The Labute approximate surface area is 149 Å². The highest BCUT2D eigenvalue weighted by Crippen LogP contribution is 2.30. The van der Waals surface area contributed by atoms with Crippen LogP contribution in [0.4, 0.5) is 0 Å². The third kappa shape index (κ3) is 3.45. The number of allylic oxidation sites excluding steroid dienone is 4. The first kappa shape index (κ1) is 17.6. The van der Waals surface area contributed by atoms with E-state index in [1.165, 1.54) is 16.6 Å². The van der Waals surface area contributed by atoms with Crippen LogP contribution in [0.15, 0.2) is 47.9 Å². The van der Waals surface area contributed by atoms with Gasteiger partial charge in [-0.25, -0.2) is 0 Å². The maximum Gasteiger partial charge on any atom is 0.0860 e. The van der Waals surface area contributed by atoms with Crippen LogP contribution in [0.25, 0.3) is 10.9 Å². The zero-order chi connectivity index (χ0) is 18.2. The molecule has 0 spiro atoms. The zero-order valence-corrected chi connectivity index (χ0v) is 15.6. The molecule has 2 atom stereocenters. The van der Waals surface area contributed by atoms with Gasteiger partial charge in [0.05, 0.1) is 11.1 Å². The van der Waals surface area contributed by atoms with Crippen molar-refractivity contribution in [3.63, 3.8) is 0 Å². The molecule has 2 unspecified atom stereocenters. The molecule has 1 aliphatic rings. The van der Waals surface area contributed by atoms with E-state index in [0.717, 1.165) is 29.7 Å². The van der Waals surface area contributed by atoms with Gasteiger partial charge in [0.2, 0.25) is 0 Å². The zero-order valence-electron chi connectivity index (χ0n) is 15.6. The Morgan fingerprint density at radius 2 is 1.96 bits per heavy atom. The Kier molecular flexibility index (Phi) is 4.65. The lowest BCUT2D eigenvalue weighted by molar-refractivity contribution is 0.0800. The average Bonchev–Trinajstić information content (AvgIpc) is 2.97. The lowest BCUT2D eigenvalue weighted by Crippen LogP contribution is -2.29. The van der Waals surface area contributed by atoms with E-state index in [4.69, 9.17) is 5.73 Å². The van der Waals surface area contributed by atoms with E-state index >= 15 is 0 Å². The molecular weight excluding hydrogens is 310 g/mol. The maximum atomic E-state index is 10.4. The van der Waals surface area contributed by atoms with Crippen LogP contribution in [0.2, 0.25) is 0 Å². The minimum Gasteiger partial charge on any atom is -0.402 e. The molecule has 3 rings (SSSR count). The maximum absolute atomic E-state index is 10.4. The number of nitrogens with one attached hydrogen (secondary N) is 2. The molecule has 134 valence electrons. The van der Waals surface area contributed by atoms with E-state index in [9.17, 15) is 5.11 Å². The van der Waals surface area contributed by atoms with Crippen LogP contribution >= 0.6 is 0 Å².